The summed E-state index contributed by atoms with van der Waals surface area (Å²) in [7, 11) is -1.99. The fourth-order valence-corrected chi connectivity index (χ4v) is 1.48. The van der Waals surface area contributed by atoms with E-state index in [1.165, 1.54) is 12.1 Å². The van der Waals surface area contributed by atoms with Crippen molar-refractivity contribution < 1.29 is 52.5 Å². The molecule has 0 heterocycles. The van der Waals surface area contributed by atoms with E-state index in [-0.39, 0.29) is 49.0 Å². The molecule has 0 saturated carbocycles. The van der Waals surface area contributed by atoms with Crippen LogP contribution in [-0.4, -0.2) is 15.5 Å². The van der Waals surface area contributed by atoms with Crippen molar-refractivity contribution in [3.63, 3.8) is 0 Å². The molecule has 2 N–H and O–H groups in total. The van der Waals surface area contributed by atoms with Gasteiger partial charge in [0.2, 0.25) is 0 Å². The standard InChI is InChI=1S/C8H11N2O2S.Ac/c1-10-6-7-2-4-8(5-3-7)13(9,11)12;/h2-5,10H,6H2,1H3,(H-,9,11,12);/q-1;. The smallest absolute Gasteiger partial charge is 0.0987 e. The van der Waals surface area contributed by atoms with Crippen LogP contribution >= 0.6 is 0 Å². The van der Waals surface area contributed by atoms with Crippen LogP contribution in [0.1, 0.15) is 5.56 Å². The molecule has 0 aliphatic heterocycles. The fraction of sp³-hybridized carbons (Fsp3) is 0.250. The Bertz CT molecular complexity index is 375. The van der Waals surface area contributed by atoms with Gasteiger partial charge in [0.25, 0.3) is 0 Å². The van der Waals surface area contributed by atoms with Crippen molar-refractivity contribution in [2.45, 2.75) is 11.4 Å². The zero-order valence-electron chi connectivity index (χ0n) is 7.82. The first kappa shape index (κ1) is 14.5. The molecule has 0 fully saturated rings. The molecule has 4 nitrogen and oxygen atoms in total. The molecular weight excluding hydrogens is 415 g/mol. The zero-order valence-corrected chi connectivity index (χ0v) is 13.4. The molecule has 0 atom stereocenters. The Morgan fingerprint density at radius 2 is 1.79 bits per heavy atom. The molecule has 0 unspecified atom stereocenters. The molecule has 6 heteroatoms. The van der Waals surface area contributed by atoms with Crippen molar-refractivity contribution >= 4 is 10.0 Å². The molecule has 1 rings (SSSR count). The van der Waals surface area contributed by atoms with Crippen LogP contribution < -0.4 is 5.32 Å². The van der Waals surface area contributed by atoms with E-state index < -0.39 is 10.0 Å². The van der Waals surface area contributed by atoms with Gasteiger partial charge in [-0.05, 0) is 24.7 Å². The number of hydrogen-bond donors (Lipinski definition) is 1. The van der Waals surface area contributed by atoms with Crippen LogP contribution in [0.15, 0.2) is 29.2 Å². The van der Waals surface area contributed by atoms with Crippen LogP contribution in [0.4, 0.5) is 0 Å². The molecule has 1 aromatic rings. The summed E-state index contributed by atoms with van der Waals surface area (Å²) in [5.74, 6) is 0. The predicted molar refractivity (Wildman–Crippen MR) is 50.7 cm³/mol. The average Bonchev–Trinajstić information content (AvgIpc) is 2.04. The fourth-order valence-electron chi connectivity index (χ4n) is 0.991. The molecule has 1 radical (unpaired) electrons. The molecule has 0 aliphatic rings. The monoisotopic (exact) mass is 426 g/mol. The average molecular weight is 426 g/mol. The molecule has 0 aliphatic carbocycles. The molecular formula is C8H11AcN2O2S-. The topological polar surface area (TPSA) is 70.0 Å². The first-order valence-electron chi connectivity index (χ1n) is 3.77. The van der Waals surface area contributed by atoms with Crippen molar-refractivity contribution in [2.75, 3.05) is 7.05 Å². The van der Waals surface area contributed by atoms with E-state index in [9.17, 15) is 8.42 Å². The number of benzene rings is 1. The van der Waals surface area contributed by atoms with Crippen molar-refractivity contribution in [3.05, 3.63) is 35.0 Å². The first-order chi connectivity index (χ1) is 6.04. The van der Waals surface area contributed by atoms with Crippen LogP contribution in [0, 0.1) is 44.1 Å². The minimum Gasteiger partial charge on any atom is -0.560 e. The second-order valence-electron chi connectivity index (χ2n) is 2.68. The van der Waals surface area contributed by atoms with Crippen LogP contribution in [0.25, 0.3) is 5.14 Å². The summed E-state index contributed by atoms with van der Waals surface area (Å²) >= 11 is 0. The Labute approximate surface area is 120 Å². The van der Waals surface area contributed by atoms with Gasteiger partial charge in [-0.25, -0.2) is 8.42 Å². The molecule has 0 bridgehead atoms. The molecule has 75 valence electrons. The van der Waals surface area contributed by atoms with Gasteiger partial charge < -0.3 is 10.5 Å². The minimum absolute atomic E-state index is 0. The Hall–Kier alpha value is 0.532. The Morgan fingerprint density at radius 3 is 2.14 bits per heavy atom. The van der Waals surface area contributed by atoms with Crippen LogP contribution in [0.5, 0.6) is 0 Å². The Morgan fingerprint density at radius 1 is 1.29 bits per heavy atom. The summed E-state index contributed by atoms with van der Waals surface area (Å²) in [5.41, 5.74) is 0.995. The summed E-state index contributed by atoms with van der Waals surface area (Å²) in [6.45, 7) is 0.693. The van der Waals surface area contributed by atoms with Gasteiger partial charge in [0, 0.05) is 55.5 Å². The number of hydrogen-bond acceptors (Lipinski definition) is 3. The summed E-state index contributed by atoms with van der Waals surface area (Å²) in [5, 5.41) is 9.75. The SMILES string of the molecule is CNCc1ccc(S([NH-])(=O)=O)cc1.[Ac]. The summed E-state index contributed by atoms with van der Waals surface area (Å²) in [6.07, 6.45) is 0. The molecule has 1 aromatic carbocycles. The minimum atomic E-state index is -3.80. The maximum Gasteiger partial charge on any atom is 0.0987 e. The van der Waals surface area contributed by atoms with Gasteiger partial charge in [0.1, 0.15) is 0 Å². The normalized spacial score (nSPS) is 10.7. The van der Waals surface area contributed by atoms with Crippen molar-refractivity contribution in [1.29, 1.82) is 0 Å². The van der Waals surface area contributed by atoms with Crippen LogP contribution in [0.3, 0.4) is 0 Å². The van der Waals surface area contributed by atoms with E-state index in [1.807, 2.05) is 7.05 Å². The quantitative estimate of drug-likeness (QED) is 0.789. The van der Waals surface area contributed by atoms with Crippen LogP contribution in [-0.2, 0) is 16.6 Å². The van der Waals surface area contributed by atoms with Crippen molar-refractivity contribution in [3.8, 4) is 0 Å². The number of rotatable bonds is 3. The van der Waals surface area contributed by atoms with Crippen molar-refractivity contribution in [2.24, 2.45) is 0 Å². The summed E-state index contributed by atoms with van der Waals surface area (Å²) < 4.78 is 21.5. The van der Waals surface area contributed by atoms with Gasteiger partial charge in [-0.3, -0.25) is 0 Å². The third-order valence-electron chi connectivity index (χ3n) is 1.61. The van der Waals surface area contributed by atoms with Crippen molar-refractivity contribution in [1.82, 2.24) is 5.32 Å². The van der Waals surface area contributed by atoms with E-state index in [0.717, 1.165) is 5.56 Å². The Kier molecular flexibility index (Phi) is 6.42. The molecule has 0 amide bonds. The van der Waals surface area contributed by atoms with Gasteiger partial charge in [-0.15, -0.1) is 0 Å². The Balaban J connectivity index is 0.00000169. The maximum absolute atomic E-state index is 10.8. The molecule has 0 spiro atoms. The summed E-state index contributed by atoms with van der Waals surface area (Å²) in [6, 6.07) is 6.26. The maximum atomic E-state index is 10.8. The van der Waals surface area contributed by atoms with Gasteiger partial charge in [0.05, 0.1) is 10.0 Å². The second-order valence-corrected chi connectivity index (χ2v) is 4.16. The van der Waals surface area contributed by atoms with Gasteiger partial charge >= 0.3 is 0 Å². The van der Waals surface area contributed by atoms with E-state index in [1.54, 1.807) is 12.1 Å². The molecule has 14 heavy (non-hydrogen) atoms. The first-order valence-corrected chi connectivity index (χ1v) is 5.25. The number of nitrogens with one attached hydrogen (secondary N) is 2. The third-order valence-corrected chi connectivity index (χ3v) is 2.51. The number of sulfonamides is 1. The van der Waals surface area contributed by atoms with Gasteiger partial charge in [-0.1, -0.05) is 12.1 Å². The third kappa shape index (κ3) is 4.37. The van der Waals surface area contributed by atoms with E-state index in [4.69, 9.17) is 5.14 Å². The second kappa shape index (κ2) is 6.19. The van der Waals surface area contributed by atoms with E-state index in [0.29, 0.717) is 6.54 Å². The van der Waals surface area contributed by atoms with E-state index in [2.05, 4.69) is 5.32 Å². The van der Waals surface area contributed by atoms with Gasteiger partial charge in [0.15, 0.2) is 0 Å². The summed E-state index contributed by atoms with van der Waals surface area (Å²) in [4.78, 5) is 0.0346. The molecule has 0 saturated heterocycles. The van der Waals surface area contributed by atoms with Crippen LogP contribution in [0.2, 0.25) is 0 Å². The largest absolute Gasteiger partial charge is 0.560 e. The predicted octanol–water partition coefficient (Wildman–Crippen LogP) is 1.15. The van der Waals surface area contributed by atoms with Gasteiger partial charge in [-0.2, -0.15) is 0 Å². The molecule has 0 aromatic heterocycles. The van der Waals surface area contributed by atoms with E-state index >= 15 is 0 Å². The zero-order chi connectivity index (χ0) is 9.90.